The lowest BCUT2D eigenvalue weighted by Crippen LogP contribution is -2.17. The highest BCUT2D eigenvalue weighted by atomic mass is 32.2. The molecule has 1 amide bonds. The summed E-state index contributed by atoms with van der Waals surface area (Å²) in [6.45, 7) is 0. The van der Waals surface area contributed by atoms with Crippen LogP contribution in [0, 0.1) is 0 Å². The van der Waals surface area contributed by atoms with E-state index in [1.165, 1.54) is 12.1 Å². The standard InChI is InChI=1S/C24H20N4O4S/c1-25-23(29)18-10-8-9-17(15-18)21-16-22(32-19-11-4-2-5-12-19)27-24(26-21)28-33(30,31)20-13-6-3-7-14-20/h2-16H,1H3,(H,25,29)(H,26,27,28). The number of hydrogen-bond acceptors (Lipinski definition) is 6. The molecule has 0 unspecified atom stereocenters. The van der Waals surface area contributed by atoms with E-state index in [-0.39, 0.29) is 22.6 Å². The lowest BCUT2D eigenvalue weighted by atomic mass is 10.1. The Morgan fingerprint density at radius 3 is 2.24 bits per heavy atom. The lowest BCUT2D eigenvalue weighted by Gasteiger charge is -2.12. The number of hydrogen-bond donors (Lipinski definition) is 2. The van der Waals surface area contributed by atoms with E-state index >= 15 is 0 Å². The van der Waals surface area contributed by atoms with Crippen molar-refractivity contribution in [2.75, 3.05) is 11.8 Å². The van der Waals surface area contributed by atoms with Gasteiger partial charge < -0.3 is 10.1 Å². The number of benzene rings is 3. The second-order valence-electron chi connectivity index (χ2n) is 6.91. The van der Waals surface area contributed by atoms with Crippen LogP contribution in [0.25, 0.3) is 11.3 Å². The van der Waals surface area contributed by atoms with Gasteiger partial charge in [-0.15, -0.1) is 0 Å². The number of aromatic nitrogens is 2. The molecule has 9 heteroatoms. The van der Waals surface area contributed by atoms with Crippen LogP contribution in [0.2, 0.25) is 0 Å². The van der Waals surface area contributed by atoms with Crippen molar-refractivity contribution >= 4 is 21.9 Å². The van der Waals surface area contributed by atoms with E-state index in [0.717, 1.165) is 0 Å². The number of nitrogens with zero attached hydrogens (tertiary/aromatic N) is 2. The van der Waals surface area contributed by atoms with E-state index < -0.39 is 10.0 Å². The van der Waals surface area contributed by atoms with Gasteiger partial charge in [0, 0.05) is 24.2 Å². The molecule has 0 fully saturated rings. The smallest absolute Gasteiger partial charge is 0.264 e. The number of para-hydroxylation sites is 1. The maximum atomic E-state index is 12.8. The molecule has 0 radical (unpaired) electrons. The molecule has 0 spiro atoms. The van der Waals surface area contributed by atoms with Crippen LogP contribution < -0.4 is 14.8 Å². The van der Waals surface area contributed by atoms with Gasteiger partial charge in [0.2, 0.25) is 11.8 Å². The number of sulfonamides is 1. The van der Waals surface area contributed by atoms with Crippen LogP contribution in [0.1, 0.15) is 10.4 Å². The van der Waals surface area contributed by atoms with Gasteiger partial charge >= 0.3 is 0 Å². The molecular weight excluding hydrogens is 440 g/mol. The van der Waals surface area contributed by atoms with E-state index in [9.17, 15) is 13.2 Å². The van der Waals surface area contributed by atoms with E-state index in [2.05, 4.69) is 20.0 Å². The minimum atomic E-state index is -3.92. The maximum Gasteiger partial charge on any atom is 0.264 e. The Kier molecular flexibility index (Phi) is 6.32. The molecule has 0 atom stereocenters. The van der Waals surface area contributed by atoms with Gasteiger partial charge in [0.25, 0.3) is 15.9 Å². The van der Waals surface area contributed by atoms with Gasteiger partial charge in [0.05, 0.1) is 10.6 Å². The first-order valence-electron chi connectivity index (χ1n) is 9.97. The summed E-state index contributed by atoms with van der Waals surface area (Å²) in [4.78, 5) is 20.7. The minimum Gasteiger partial charge on any atom is -0.439 e. The zero-order chi connectivity index (χ0) is 23.3. The molecule has 1 heterocycles. The SMILES string of the molecule is CNC(=O)c1cccc(-c2cc(Oc3ccccc3)nc(NS(=O)(=O)c3ccccc3)n2)c1. The average Bonchev–Trinajstić information content (AvgIpc) is 2.84. The molecule has 0 bridgehead atoms. The molecule has 0 aliphatic carbocycles. The molecule has 8 nitrogen and oxygen atoms in total. The van der Waals surface area contributed by atoms with Gasteiger partial charge in [-0.1, -0.05) is 48.5 Å². The summed E-state index contributed by atoms with van der Waals surface area (Å²) in [5.74, 6) is 0.254. The highest BCUT2D eigenvalue weighted by molar-refractivity contribution is 7.92. The van der Waals surface area contributed by atoms with Gasteiger partial charge in [-0.3, -0.25) is 4.79 Å². The molecule has 0 saturated carbocycles. The molecule has 0 aliphatic heterocycles. The molecule has 33 heavy (non-hydrogen) atoms. The van der Waals surface area contributed by atoms with Gasteiger partial charge in [-0.2, -0.15) is 4.98 Å². The third kappa shape index (κ3) is 5.34. The number of carbonyl (C=O) groups excluding carboxylic acids is 1. The Morgan fingerprint density at radius 2 is 1.55 bits per heavy atom. The van der Waals surface area contributed by atoms with Crippen molar-refractivity contribution in [3.05, 3.63) is 96.6 Å². The monoisotopic (exact) mass is 460 g/mol. The first kappa shape index (κ1) is 22.0. The third-order valence-corrected chi connectivity index (χ3v) is 5.94. The number of carbonyl (C=O) groups is 1. The summed E-state index contributed by atoms with van der Waals surface area (Å²) < 4.78 is 33.9. The number of amides is 1. The fourth-order valence-electron chi connectivity index (χ4n) is 3.02. The van der Waals surface area contributed by atoms with Crippen LogP contribution in [-0.2, 0) is 10.0 Å². The highest BCUT2D eigenvalue weighted by Gasteiger charge is 2.18. The fourth-order valence-corrected chi connectivity index (χ4v) is 3.99. The Labute approximate surface area is 191 Å². The fraction of sp³-hybridized carbons (Fsp3) is 0.0417. The predicted molar refractivity (Wildman–Crippen MR) is 125 cm³/mol. The van der Waals surface area contributed by atoms with Crippen molar-refractivity contribution < 1.29 is 17.9 Å². The van der Waals surface area contributed by atoms with Crippen molar-refractivity contribution in [2.24, 2.45) is 0 Å². The van der Waals surface area contributed by atoms with E-state index in [4.69, 9.17) is 4.74 Å². The second-order valence-corrected chi connectivity index (χ2v) is 8.59. The van der Waals surface area contributed by atoms with Gasteiger partial charge in [-0.05, 0) is 36.4 Å². The van der Waals surface area contributed by atoms with Crippen LogP contribution in [0.5, 0.6) is 11.6 Å². The second kappa shape index (κ2) is 9.49. The van der Waals surface area contributed by atoms with Crippen molar-refractivity contribution in [1.29, 1.82) is 0 Å². The molecular formula is C24H20N4O4S. The quantitative estimate of drug-likeness (QED) is 0.430. The number of anilines is 1. The van der Waals surface area contributed by atoms with Crippen LogP contribution in [0.3, 0.4) is 0 Å². The summed E-state index contributed by atoms with van der Waals surface area (Å²) >= 11 is 0. The first-order chi connectivity index (χ1) is 15.9. The van der Waals surface area contributed by atoms with Crippen LogP contribution in [0.15, 0.2) is 95.9 Å². The van der Waals surface area contributed by atoms with Crippen LogP contribution in [-0.4, -0.2) is 31.3 Å². The minimum absolute atomic E-state index is 0.0751. The zero-order valence-electron chi connectivity index (χ0n) is 17.6. The van der Waals surface area contributed by atoms with E-state index in [1.807, 2.05) is 18.2 Å². The third-order valence-electron chi connectivity index (χ3n) is 4.60. The first-order valence-corrected chi connectivity index (χ1v) is 11.5. The van der Waals surface area contributed by atoms with E-state index in [1.54, 1.807) is 67.7 Å². The lowest BCUT2D eigenvalue weighted by molar-refractivity contribution is 0.0963. The molecule has 0 saturated heterocycles. The van der Waals surface area contributed by atoms with Crippen molar-refractivity contribution in [2.45, 2.75) is 4.90 Å². The Bertz CT molecular complexity index is 1380. The van der Waals surface area contributed by atoms with Gasteiger partial charge in [0.15, 0.2) is 0 Å². The van der Waals surface area contributed by atoms with Crippen molar-refractivity contribution in [3.63, 3.8) is 0 Å². The van der Waals surface area contributed by atoms with Crippen LogP contribution >= 0.6 is 0 Å². The number of nitrogens with one attached hydrogen (secondary N) is 2. The molecule has 1 aromatic heterocycles. The van der Waals surface area contributed by atoms with Gasteiger partial charge in [0.1, 0.15) is 5.75 Å². The van der Waals surface area contributed by atoms with Crippen LogP contribution in [0.4, 0.5) is 5.95 Å². The summed E-state index contributed by atoms with van der Waals surface area (Å²) in [5.41, 5.74) is 1.41. The van der Waals surface area contributed by atoms with Crippen molar-refractivity contribution in [3.8, 4) is 22.9 Å². The molecule has 4 aromatic rings. The largest absolute Gasteiger partial charge is 0.439 e. The summed E-state index contributed by atoms with van der Waals surface area (Å²) in [6.07, 6.45) is 0. The summed E-state index contributed by atoms with van der Waals surface area (Å²) in [7, 11) is -2.38. The zero-order valence-corrected chi connectivity index (χ0v) is 18.4. The molecule has 0 aliphatic rings. The summed E-state index contributed by atoms with van der Waals surface area (Å²) in [5, 5.41) is 2.58. The Hall–Kier alpha value is -4.24. The number of rotatable bonds is 7. The Balaban J connectivity index is 1.76. The number of ether oxygens (including phenoxy) is 1. The van der Waals surface area contributed by atoms with Gasteiger partial charge in [-0.25, -0.2) is 18.1 Å². The molecule has 2 N–H and O–H groups in total. The molecule has 4 rings (SSSR count). The normalized spacial score (nSPS) is 10.9. The summed E-state index contributed by atoms with van der Waals surface area (Å²) in [6, 6.07) is 25.3. The Morgan fingerprint density at radius 1 is 0.848 bits per heavy atom. The molecule has 166 valence electrons. The maximum absolute atomic E-state index is 12.8. The van der Waals surface area contributed by atoms with Crippen molar-refractivity contribution in [1.82, 2.24) is 15.3 Å². The average molecular weight is 461 g/mol. The topological polar surface area (TPSA) is 110 Å². The predicted octanol–water partition coefficient (Wildman–Crippen LogP) is 4.10. The highest BCUT2D eigenvalue weighted by Crippen LogP contribution is 2.27. The van der Waals surface area contributed by atoms with E-state index in [0.29, 0.717) is 22.6 Å². The molecule has 3 aromatic carbocycles.